The van der Waals surface area contributed by atoms with Crippen LogP contribution in [0.25, 0.3) is 0 Å². The average Bonchev–Trinajstić information content (AvgIpc) is 2.42. The van der Waals surface area contributed by atoms with Crippen molar-refractivity contribution in [2.75, 3.05) is 0 Å². The van der Waals surface area contributed by atoms with Gasteiger partial charge in [-0.15, -0.1) is 0 Å². The molecule has 18 heavy (non-hydrogen) atoms. The van der Waals surface area contributed by atoms with Gasteiger partial charge in [0.2, 0.25) is 0 Å². The molecule has 2 heteroatoms. The molecule has 0 bridgehead atoms. The fourth-order valence-electron chi connectivity index (χ4n) is 2.42. The van der Waals surface area contributed by atoms with Crippen LogP contribution in [0, 0.1) is 0 Å². The van der Waals surface area contributed by atoms with Gasteiger partial charge in [-0.2, -0.15) is 0 Å². The van der Waals surface area contributed by atoms with E-state index in [4.69, 9.17) is 5.73 Å². The molecule has 2 rings (SSSR count). The van der Waals surface area contributed by atoms with Crippen LogP contribution < -0.4 is 5.73 Å². The molecule has 2 N–H and O–H groups in total. The van der Waals surface area contributed by atoms with E-state index in [-0.39, 0.29) is 6.04 Å². The highest BCUT2D eigenvalue weighted by molar-refractivity contribution is 5.22. The Labute approximate surface area is 109 Å². The van der Waals surface area contributed by atoms with E-state index < -0.39 is 0 Å². The van der Waals surface area contributed by atoms with E-state index in [1.807, 2.05) is 30.6 Å². The largest absolute Gasteiger partial charge is 0.327 e. The van der Waals surface area contributed by atoms with Crippen molar-refractivity contribution in [3.8, 4) is 0 Å². The third-order valence-electron chi connectivity index (χ3n) is 3.41. The van der Waals surface area contributed by atoms with E-state index in [1.54, 1.807) is 0 Å². The number of nitrogens with two attached hydrogens (primary N) is 1. The summed E-state index contributed by atoms with van der Waals surface area (Å²) in [5.41, 5.74) is 8.96. The maximum Gasteiger partial charge on any atom is 0.0270 e. The van der Waals surface area contributed by atoms with Crippen LogP contribution in [-0.2, 0) is 6.42 Å². The Balaban J connectivity index is 2.09. The molecule has 0 saturated carbocycles. The highest BCUT2D eigenvalue weighted by atomic mass is 14.7. The number of hydrogen-bond acceptors (Lipinski definition) is 2. The molecule has 2 atom stereocenters. The second kappa shape index (κ2) is 6.31. The van der Waals surface area contributed by atoms with E-state index in [0.717, 1.165) is 12.8 Å². The highest BCUT2D eigenvalue weighted by Crippen LogP contribution is 2.24. The zero-order valence-electron chi connectivity index (χ0n) is 10.8. The average molecular weight is 240 g/mol. The van der Waals surface area contributed by atoms with Crippen molar-refractivity contribution < 1.29 is 0 Å². The minimum absolute atomic E-state index is 0.153. The molecule has 0 saturated heterocycles. The Morgan fingerprint density at radius 2 is 1.72 bits per heavy atom. The molecule has 94 valence electrons. The summed E-state index contributed by atoms with van der Waals surface area (Å²) in [6, 6.07) is 14.8. The van der Waals surface area contributed by atoms with Crippen LogP contribution in [0.15, 0.2) is 54.9 Å². The van der Waals surface area contributed by atoms with Gasteiger partial charge in [-0.25, -0.2) is 0 Å². The zero-order valence-corrected chi connectivity index (χ0v) is 10.8. The predicted octanol–water partition coefficient (Wildman–Crippen LogP) is 3.15. The van der Waals surface area contributed by atoms with E-state index in [0.29, 0.717) is 5.92 Å². The van der Waals surface area contributed by atoms with Crippen molar-refractivity contribution in [3.63, 3.8) is 0 Å². The third kappa shape index (κ3) is 3.17. The minimum atomic E-state index is 0.153. The Bertz CT molecular complexity index is 453. The van der Waals surface area contributed by atoms with Crippen molar-refractivity contribution in [2.24, 2.45) is 5.73 Å². The highest BCUT2D eigenvalue weighted by Gasteiger charge is 2.17. The van der Waals surface area contributed by atoms with Gasteiger partial charge in [0.05, 0.1) is 0 Å². The summed E-state index contributed by atoms with van der Waals surface area (Å²) in [6.45, 7) is 2.20. The first kappa shape index (κ1) is 12.8. The summed E-state index contributed by atoms with van der Waals surface area (Å²) in [7, 11) is 0. The van der Waals surface area contributed by atoms with Gasteiger partial charge in [-0.1, -0.05) is 37.3 Å². The number of benzene rings is 1. The van der Waals surface area contributed by atoms with Crippen molar-refractivity contribution in [3.05, 3.63) is 66.0 Å². The summed E-state index contributed by atoms with van der Waals surface area (Å²) in [5, 5.41) is 0. The Hall–Kier alpha value is -1.67. The lowest BCUT2D eigenvalue weighted by atomic mass is 9.86. The molecule has 0 aliphatic heterocycles. The van der Waals surface area contributed by atoms with Crippen molar-refractivity contribution >= 4 is 0 Å². The lowest BCUT2D eigenvalue weighted by molar-refractivity contribution is 0.515. The van der Waals surface area contributed by atoms with E-state index >= 15 is 0 Å². The molecule has 0 aliphatic carbocycles. The molecule has 0 radical (unpaired) electrons. The summed E-state index contributed by atoms with van der Waals surface area (Å²) in [6.07, 6.45) is 5.61. The van der Waals surface area contributed by atoms with Crippen molar-refractivity contribution in [1.29, 1.82) is 0 Å². The molecule has 1 heterocycles. The lowest BCUT2D eigenvalue weighted by Gasteiger charge is -2.23. The molecule has 2 unspecified atom stereocenters. The number of nitrogens with zero attached hydrogens (tertiary/aromatic N) is 1. The Morgan fingerprint density at radius 3 is 2.33 bits per heavy atom. The van der Waals surface area contributed by atoms with Gasteiger partial charge < -0.3 is 5.73 Å². The van der Waals surface area contributed by atoms with Gasteiger partial charge in [0.15, 0.2) is 0 Å². The van der Waals surface area contributed by atoms with Crippen LogP contribution >= 0.6 is 0 Å². The standard InChI is InChI=1S/C16H20N2/c1-2-15(14-6-4-3-5-7-14)16(17)12-13-8-10-18-11-9-13/h3-11,15-16H,2,12,17H2,1H3. The lowest BCUT2D eigenvalue weighted by Crippen LogP contribution is -2.30. The first-order valence-corrected chi connectivity index (χ1v) is 6.50. The first-order chi connectivity index (χ1) is 8.81. The molecule has 1 aromatic heterocycles. The van der Waals surface area contributed by atoms with Crippen LogP contribution in [0.4, 0.5) is 0 Å². The molecular weight excluding hydrogens is 220 g/mol. The Kier molecular flexibility index (Phi) is 4.48. The van der Waals surface area contributed by atoms with Crippen LogP contribution in [0.5, 0.6) is 0 Å². The topological polar surface area (TPSA) is 38.9 Å². The van der Waals surface area contributed by atoms with Crippen molar-refractivity contribution in [1.82, 2.24) is 4.98 Å². The smallest absolute Gasteiger partial charge is 0.0270 e. The molecule has 2 aromatic rings. The Morgan fingerprint density at radius 1 is 1.06 bits per heavy atom. The summed E-state index contributed by atoms with van der Waals surface area (Å²) < 4.78 is 0. The maximum atomic E-state index is 6.37. The fourth-order valence-corrected chi connectivity index (χ4v) is 2.42. The predicted molar refractivity (Wildman–Crippen MR) is 75.4 cm³/mol. The van der Waals surface area contributed by atoms with Gasteiger partial charge in [0.1, 0.15) is 0 Å². The summed E-state index contributed by atoms with van der Waals surface area (Å²) in [4.78, 5) is 4.04. The molecule has 0 amide bonds. The van der Waals surface area contributed by atoms with Gasteiger partial charge in [0.25, 0.3) is 0 Å². The van der Waals surface area contributed by atoms with Gasteiger partial charge in [-0.3, -0.25) is 4.98 Å². The number of hydrogen-bond donors (Lipinski definition) is 1. The van der Waals surface area contributed by atoms with E-state index in [9.17, 15) is 0 Å². The minimum Gasteiger partial charge on any atom is -0.327 e. The number of pyridine rings is 1. The molecular formula is C16H20N2. The fraction of sp³-hybridized carbons (Fsp3) is 0.312. The molecule has 1 aromatic carbocycles. The van der Waals surface area contributed by atoms with Gasteiger partial charge >= 0.3 is 0 Å². The maximum absolute atomic E-state index is 6.37. The molecule has 0 aliphatic rings. The summed E-state index contributed by atoms with van der Waals surface area (Å²) >= 11 is 0. The van der Waals surface area contributed by atoms with Crippen LogP contribution in [0.1, 0.15) is 30.4 Å². The van der Waals surface area contributed by atoms with E-state index in [2.05, 4.69) is 36.2 Å². The third-order valence-corrected chi connectivity index (χ3v) is 3.41. The van der Waals surface area contributed by atoms with Gasteiger partial charge in [0, 0.05) is 18.4 Å². The monoisotopic (exact) mass is 240 g/mol. The van der Waals surface area contributed by atoms with Crippen molar-refractivity contribution in [2.45, 2.75) is 31.7 Å². The first-order valence-electron chi connectivity index (χ1n) is 6.50. The SMILES string of the molecule is CCC(c1ccccc1)C(N)Cc1ccncc1. The molecule has 2 nitrogen and oxygen atoms in total. The number of rotatable bonds is 5. The summed E-state index contributed by atoms with van der Waals surface area (Å²) in [5.74, 6) is 0.416. The second-order valence-corrected chi connectivity index (χ2v) is 4.65. The van der Waals surface area contributed by atoms with Crippen LogP contribution in [-0.4, -0.2) is 11.0 Å². The molecule has 0 spiro atoms. The zero-order chi connectivity index (χ0) is 12.8. The van der Waals surface area contributed by atoms with Crippen LogP contribution in [0.3, 0.4) is 0 Å². The van der Waals surface area contributed by atoms with Gasteiger partial charge in [-0.05, 0) is 42.0 Å². The quantitative estimate of drug-likeness (QED) is 0.872. The second-order valence-electron chi connectivity index (χ2n) is 4.65. The normalized spacial score (nSPS) is 14.1. The molecule has 0 fully saturated rings. The van der Waals surface area contributed by atoms with Crippen LogP contribution in [0.2, 0.25) is 0 Å². The number of aromatic nitrogens is 1. The van der Waals surface area contributed by atoms with E-state index in [1.165, 1.54) is 11.1 Å².